The van der Waals surface area contributed by atoms with E-state index in [4.69, 9.17) is 4.42 Å². The summed E-state index contributed by atoms with van der Waals surface area (Å²) < 4.78 is 5.52. The summed E-state index contributed by atoms with van der Waals surface area (Å²) in [4.78, 5) is 0. The second-order valence-electron chi connectivity index (χ2n) is 3.92. The minimum Gasteiger partial charge on any atom is -0.464 e. The van der Waals surface area contributed by atoms with Crippen molar-refractivity contribution in [3.63, 3.8) is 0 Å². The Morgan fingerprint density at radius 1 is 0.812 bits per heavy atom. The van der Waals surface area contributed by atoms with Gasteiger partial charge < -0.3 is 4.42 Å². The molecule has 0 saturated heterocycles. The summed E-state index contributed by atoms with van der Waals surface area (Å²) in [5.41, 5.74) is 3.56. The number of hydrogen-bond acceptors (Lipinski definition) is 1. The lowest BCUT2D eigenvalue weighted by Gasteiger charge is -2.02. The van der Waals surface area contributed by atoms with E-state index >= 15 is 0 Å². The van der Waals surface area contributed by atoms with E-state index in [0.29, 0.717) is 0 Å². The molecule has 2 aromatic carbocycles. The lowest BCUT2D eigenvalue weighted by Crippen LogP contribution is -1.87. The van der Waals surface area contributed by atoms with Crippen molar-refractivity contribution in [3.05, 3.63) is 72.0 Å². The largest absolute Gasteiger partial charge is 0.464 e. The van der Waals surface area contributed by atoms with Crippen molar-refractivity contribution in [1.29, 1.82) is 0 Å². The van der Waals surface area contributed by atoms with E-state index in [1.807, 2.05) is 12.1 Å². The van der Waals surface area contributed by atoms with Crippen LogP contribution in [0.3, 0.4) is 0 Å². The first-order valence-electron chi connectivity index (χ1n) is 5.42. The summed E-state index contributed by atoms with van der Waals surface area (Å²) in [6.07, 6.45) is 2.67. The molecule has 78 valence electrons. The topological polar surface area (TPSA) is 13.1 Å². The van der Waals surface area contributed by atoms with Gasteiger partial charge in [-0.1, -0.05) is 48.5 Å². The summed E-state index contributed by atoms with van der Waals surface area (Å²) in [5.74, 6) is 0. The quantitative estimate of drug-likeness (QED) is 0.619. The molecular weight excluding hydrogens is 196 g/mol. The first kappa shape index (κ1) is 9.22. The molecule has 1 aromatic heterocycles. The maximum atomic E-state index is 5.52. The average Bonchev–Trinajstić information content (AvgIpc) is 2.80. The van der Waals surface area contributed by atoms with Crippen LogP contribution in [0.5, 0.6) is 0 Å². The van der Waals surface area contributed by atoms with Crippen molar-refractivity contribution in [2.24, 2.45) is 0 Å². The van der Waals surface area contributed by atoms with Gasteiger partial charge in [0, 0.05) is 11.8 Å². The van der Waals surface area contributed by atoms with Crippen molar-refractivity contribution < 1.29 is 4.42 Å². The zero-order valence-corrected chi connectivity index (χ0v) is 8.89. The summed E-state index contributed by atoms with van der Waals surface area (Å²) in [7, 11) is 0. The van der Waals surface area contributed by atoms with Gasteiger partial charge in [0.25, 0.3) is 0 Å². The van der Waals surface area contributed by atoms with Gasteiger partial charge in [-0.2, -0.15) is 0 Å². The van der Waals surface area contributed by atoms with Crippen LogP contribution in [0.4, 0.5) is 0 Å². The highest BCUT2D eigenvalue weighted by atomic mass is 16.3. The minimum atomic E-state index is 0.922. The van der Waals surface area contributed by atoms with E-state index in [9.17, 15) is 0 Å². The van der Waals surface area contributed by atoms with Crippen molar-refractivity contribution in [3.8, 4) is 0 Å². The molecule has 0 aliphatic rings. The Morgan fingerprint density at radius 2 is 1.69 bits per heavy atom. The van der Waals surface area contributed by atoms with Gasteiger partial charge in [0.1, 0.15) is 5.58 Å². The van der Waals surface area contributed by atoms with Crippen LogP contribution in [0.15, 0.2) is 65.3 Å². The van der Waals surface area contributed by atoms with Gasteiger partial charge in [-0.3, -0.25) is 0 Å². The SMILES string of the molecule is c1ccc(Cc2cccc3ccoc23)cc1. The summed E-state index contributed by atoms with van der Waals surface area (Å²) in [5, 5.41) is 1.17. The van der Waals surface area contributed by atoms with Gasteiger partial charge in [0.15, 0.2) is 0 Å². The molecule has 0 atom stereocenters. The molecule has 0 N–H and O–H groups in total. The zero-order chi connectivity index (χ0) is 10.8. The summed E-state index contributed by atoms with van der Waals surface area (Å²) in [6, 6.07) is 18.7. The van der Waals surface area contributed by atoms with Crippen LogP contribution in [0.1, 0.15) is 11.1 Å². The van der Waals surface area contributed by atoms with Crippen LogP contribution in [-0.4, -0.2) is 0 Å². The first-order valence-corrected chi connectivity index (χ1v) is 5.42. The van der Waals surface area contributed by atoms with Crippen LogP contribution >= 0.6 is 0 Å². The van der Waals surface area contributed by atoms with Gasteiger partial charge in [0.05, 0.1) is 6.26 Å². The van der Waals surface area contributed by atoms with Crippen LogP contribution in [0.2, 0.25) is 0 Å². The molecule has 0 aliphatic carbocycles. The van der Waals surface area contributed by atoms with E-state index in [2.05, 4.69) is 42.5 Å². The molecule has 0 saturated carbocycles. The lowest BCUT2D eigenvalue weighted by molar-refractivity contribution is 0.612. The van der Waals surface area contributed by atoms with Crippen molar-refractivity contribution >= 4 is 11.0 Å². The third-order valence-electron chi connectivity index (χ3n) is 2.80. The van der Waals surface area contributed by atoms with E-state index in [1.54, 1.807) is 6.26 Å². The van der Waals surface area contributed by atoms with Crippen molar-refractivity contribution in [1.82, 2.24) is 0 Å². The number of fused-ring (bicyclic) bond motifs is 1. The number of rotatable bonds is 2. The molecular formula is C15H12O. The zero-order valence-electron chi connectivity index (χ0n) is 8.89. The van der Waals surface area contributed by atoms with Crippen molar-refractivity contribution in [2.75, 3.05) is 0 Å². The molecule has 0 amide bonds. The van der Waals surface area contributed by atoms with Gasteiger partial charge >= 0.3 is 0 Å². The smallest absolute Gasteiger partial charge is 0.137 e. The molecule has 0 bridgehead atoms. The van der Waals surface area contributed by atoms with E-state index in [-0.39, 0.29) is 0 Å². The molecule has 0 spiro atoms. The Bertz CT molecular complexity index is 593. The van der Waals surface area contributed by atoms with Gasteiger partial charge in [0.2, 0.25) is 0 Å². The maximum absolute atomic E-state index is 5.52. The van der Waals surface area contributed by atoms with E-state index in [1.165, 1.54) is 16.5 Å². The second kappa shape index (κ2) is 3.86. The third-order valence-corrected chi connectivity index (χ3v) is 2.80. The minimum absolute atomic E-state index is 0.922. The number of para-hydroxylation sites is 1. The number of benzene rings is 2. The molecule has 0 aliphatic heterocycles. The summed E-state index contributed by atoms with van der Waals surface area (Å²) >= 11 is 0. The van der Waals surface area contributed by atoms with Gasteiger partial charge in [-0.25, -0.2) is 0 Å². The van der Waals surface area contributed by atoms with Gasteiger partial charge in [-0.05, 0) is 17.2 Å². The summed E-state index contributed by atoms with van der Waals surface area (Å²) in [6.45, 7) is 0. The molecule has 16 heavy (non-hydrogen) atoms. The predicted molar refractivity (Wildman–Crippen MR) is 65.5 cm³/mol. The lowest BCUT2D eigenvalue weighted by atomic mass is 10.0. The Balaban J connectivity index is 2.04. The Morgan fingerprint density at radius 3 is 2.56 bits per heavy atom. The monoisotopic (exact) mass is 208 g/mol. The molecule has 3 aromatic rings. The van der Waals surface area contributed by atoms with Crippen molar-refractivity contribution in [2.45, 2.75) is 6.42 Å². The highest BCUT2D eigenvalue weighted by Gasteiger charge is 2.04. The molecule has 3 rings (SSSR count). The number of hydrogen-bond donors (Lipinski definition) is 0. The molecule has 1 nitrogen and oxygen atoms in total. The maximum Gasteiger partial charge on any atom is 0.137 e. The Kier molecular flexibility index (Phi) is 2.22. The molecule has 0 unspecified atom stereocenters. The van der Waals surface area contributed by atoms with Crippen LogP contribution in [-0.2, 0) is 6.42 Å². The van der Waals surface area contributed by atoms with Crippen LogP contribution in [0.25, 0.3) is 11.0 Å². The average molecular weight is 208 g/mol. The molecule has 1 heteroatoms. The van der Waals surface area contributed by atoms with E-state index in [0.717, 1.165) is 12.0 Å². The van der Waals surface area contributed by atoms with E-state index < -0.39 is 0 Å². The fourth-order valence-electron chi connectivity index (χ4n) is 2.01. The standard InChI is InChI=1S/C15H12O/c1-2-5-12(6-3-1)11-14-8-4-7-13-9-10-16-15(13)14/h1-10H,11H2. The van der Waals surface area contributed by atoms with Crippen LogP contribution < -0.4 is 0 Å². The Labute approximate surface area is 94.3 Å². The highest BCUT2D eigenvalue weighted by Crippen LogP contribution is 2.22. The Hall–Kier alpha value is -2.02. The van der Waals surface area contributed by atoms with Gasteiger partial charge in [-0.15, -0.1) is 0 Å². The fraction of sp³-hybridized carbons (Fsp3) is 0.0667. The first-order chi connectivity index (χ1) is 7.93. The normalized spacial score (nSPS) is 10.8. The highest BCUT2D eigenvalue weighted by molar-refractivity contribution is 5.80. The molecule has 0 radical (unpaired) electrons. The number of furan rings is 1. The third kappa shape index (κ3) is 1.61. The molecule has 0 fully saturated rings. The fourth-order valence-corrected chi connectivity index (χ4v) is 2.01. The molecule has 1 heterocycles. The van der Waals surface area contributed by atoms with Crippen LogP contribution in [0, 0.1) is 0 Å². The predicted octanol–water partition coefficient (Wildman–Crippen LogP) is 4.02. The second-order valence-corrected chi connectivity index (χ2v) is 3.92.